The van der Waals surface area contributed by atoms with Crippen LogP contribution in [0.5, 0.6) is 5.75 Å². The van der Waals surface area contributed by atoms with Gasteiger partial charge in [0.25, 0.3) is 5.91 Å². The number of halogens is 1. The molecule has 1 N–H and O–H groups in total. The Bertz CT molecular complexity index is 759. The number of benzene rings is 2. The van der Waals surface area contributed by atoms with Gasteiger partial charge in [-0.3, -0.25) is 4.79 Å². The molecule has 5 heteroatoms. The van der Waals surface area contributed by atoms with E-state index in [4.69, 9.17) is 4.74 Å². The molecule has 0 aliphatic heterocycles. The van der Waals surface area contributed by atoms with E-state index in [1.54, 1.807) is 18.2 Å². The van der Waals surface area contributed by atoms with Gasteiger partial charge in [0.1, 0.15) is 17.4 Å². The third-order valence-corrected chi connectivity index (χ3v) is 3.85. The number of hydrogen-bond donors (Lipinski definition) is 1. The molecule has 0 radical (unpaired) electrons. The number of nitriles is 1. The van der Waals surface area contributed by atoms with E-state index in [0.29, 0.717) is 12.3 Å². The third-order valence-electron chi connectivity index (χ3n) is 3.13. The van der Waals surface area contributed by atoms with Crippen molar-refractivity contribution in [3.63, 3.8) is 0 Å². The highest BCUT2D eigenvalue weighted by Crippen LogP contribution is 2.16. The Morgan fingerprint density at radius 3 is 2.46 bits per heavy atom. The molecule has 0 aliphatic rings. The second-order valence-corrected chi connectivity index (χ2v) is 6.29. The lowest BCUT2D eigenvalue weighted by Gasteiger charge is -2.06. The first-order chi connectivity index (χ1) is 11.6. The molecule has 0 atom stereocenters. The number of carbonyl (C=O) groups is 1. The van der Waals surface area contributed by atoms with Crippen molar-refractivity contribution in [2.75, 3.05) is 11.9 Å². The third kappa shape index (κ3) is 5.39. The van der Waals surface area contributed by atoms with Gasteiger partial charge in [0.15, 0.2) is 0 Å². The lowest BCUT2D eigenvalue weighted by molar-refractivity contribution is -0.112. The summed E-state index contributed by atoms with van der Waals surface area (Å²) >= 11 is 2.19. The maximum absolute atomic E-state index is 12.2. The van der Waals surface area contributed by atoms with E-state index in [-0.39, 0.29) is 5.57 Å². The van der Waals surface area contributed by atoms with Crippen LogP contribution in [0.1, 0.15) is 18.9 Å². The zero-order valence-electron chi connectivity index (χ0n) is 13.3. The molecule has 0 spiro atoms. The number of nitrogens with one attached hydrogen (secondary N) is 1. The molecule has 122 valence electrons. The van der Waals surface area contributed by atoms with Crippen molar-refractivity contribution < 1.29 is 9.53 Å². The number of amides is 1. The van der Waals surface area contributed by atoms with Gasteiger partial charge < -0.3 is 10.1 Å². The number of hydrogen-bond acceptors (Lipinski definition) is 3. The highest BCUT2D eigenvalue weighted by molar-refractivity contribution is 14.1. The normalized spacial score (nSPS) is 10.8. The van der Waals surface area contributed by atoms with E-state index in [1.165, 1.54) is 0 Å². The first-order valence-corrected chi connectivity index (χ1v) is 8.62. The highest BCUT2D eigenvalue weighted by Gasteiger charge is 2.09. The molecule has 0 bridgehead atoms. The van der Waals surface area contributed by atoms with Crippen LogP contribution >= 0.6 is 22.6 Å². The molecular formula is C19H17IN2O2. The van der Waals surface area contributed by atoms with Crippen molar-refractivity contribution in [1.82, 2.24) is 0 Å². The zero-order chi connectivity index (χ0) is 17.4. The summed E-state index contributed by atoms with van der Waals surface area (Å²) in [7, 11) is 0. The first-order valence-electron chi connectivity index (χ1n) is 7.54. The number of carbonyl (C=O) groups excluding carboxylic acids is 1. The highest BCUT2D eigenvalue weighted by atomic mass is 127. The quantitative estimate of drug-likeness (QED) is 0.412. The molecule has 0 aliphatic carbocycles. The van der Waals surface area contributed by atoms with E-state index < -0.39 is 5.91 Å². The van der Waals surface area contributed by atoms with Gasteiger partial charge in [0.2, 0.25) is 0 Å². The fourth-order valence-electron chi connectivity index (χ4n) is 1.93. The van der Waals surface area contributed by atoms with E-state index in [0.717, 1.165) is 21.3 Å². The number of nitrogens with zero attached hydrogens (tertiary/aromatic N) is 1. The lowest BCUT2D eigenvalue weighted by atomic mass is 10.1. The maximum atomic E-state index is 12.2. The molecule has 1 amide bonds. The van der Waals surface area contributed by atoms with Crippen LogP contribution < -0.4 is 10.1 Å². The fourth-order valence-corrected chi connectivity index (χ4v) is 2.29. The molecule has 0 saturated carbocycles. The zero-order valence-corrected chi connectivity index (χ0v) is 15.4. The summed E-state index contributed by atoms with van der Waals surface area (Å²) in [6, 6.07) is 16.6. The van der Waals surface area contributed by atoms with Crippen LogP contribution in [0, 0.1) is 14.9 Å². The minimum absolute atomic E-state index is 0.0516. The Balaban J connectivity index is 2.09. The Kier molecular flexibility index (Phi) is 6.82. The van der Waals surface area contributed by atoms with Crippen molar-refractivity contribution in [2.24, 2.45) is 0 Å². The second-order valence-electron chi connectivity index (χ2n) is 5.05. The van der Waals surface area contributed by atoms with Crippen molar-refractivity contribution in [3.8, 4) is 11.8 Å². The summed E-state index contributed by atoms with van der Waals surface area (Å²) in [6.45, 7) is 2.71. The Morgan fingerprint density at radius 1 is 1.21 bits per heavy atom. The smallest absolute Gasteiger partial charge is 0.266 e. The van der Waals surface area contributed by atoms with Gasteiger partial charge in [-0.2, -0.15) is 5.26 Å². The van der Waals surface area contributed by atoms with E-state index in [1.807, 2.05) is 49.4 Å². The standard InChI is InChI=1S/C19H17IN2O2/c1-2-11-24-18-9-3-14(4-10-18)12-15(13-21)19(23)22-17-7-5-16(20)6-8-17/h3-10,12H,2,11H2,1H3,(H,22,23)/b15-12-. The molecule has 0 heterocycles. The van der Waals surface area contributed by atoms with E-state index >= 15 is 0 Å². The topological polar surface area (TPSA) is 62.1 Å². The Morgan fingerprint density at radius 2 is 1.88 bits per heavy atom. The van der Waals surface area contributed by atoms with E-state index in [9.17, 15) is 10.1 Å². The molecule has 0 saturated heterocycles. The van der Waals surface area contributed by atoms with Crippen LogP contribution in [0.15, 0.2) is 54.1 Å². The fraction of sp³-hybridized carbons (Fsp3) is 0.158. The molecule has 2 aromatic carbocycles. The van der Waals surface area contributed by atoms with Crippen LogP contribution in [0.3, 0.4) is 0 Å². The number of anilines is 1. The van der Waals surface area contributed by atoms with Gasteiger partial charge in [-0.1, -0.05) is 19.1 Å². The second kappa shape index (κ2) is 9.08. The summed E-state index contributed by atoms with van der Waals surface area (Å²) in [5.41, 5.74) is 1.48. The van der Waals surface area contributed by atoms with Crippen LogP contribution in [-0.2, 0) is 4.79 Å². The molecule has 4 nitrogen and oxygen atoms in total. The predicted octanol–water partition coefficient (Wildman–Crippen LogP) is 4.63. The Labute approximate surface area is 155 Å². The molecule has 2 rings (SSSR count). The van der Waals surface area contributed by atoms with Gasteiger partial charge in [-0.05, 0) is 77.0 Å². The maximum Gasteiger partial charge on any atom is 0.266 e. The average molecular weight is 432 g/mol. The van der Waals surface area contributed by atoms with Gasteiger partial charge in [-0.25, -0.2) is 0 Å². The van der Waals surface area contributed by atoms with Crippen LogP contribution in [0.4, 0.5) is 5.69 Å². The largest absolute Gasteiger partial charge is 0.494 e. The average Bonchev–Trinajstić information content (AvgIpc) is 2.60. The Hall–Kier alpha value is -2.33. The molecule has 2 aromatic rings. The van der Waals surface area contributed by atoms with E-state index in [2.05, 4.69) is 27.9 Å². The molecule has 24 heavy (non-hydrogen) atoms. The van der Waals surface area contributed by atoms with Crippen molar-refractivity contribution in [3.05, 3.63) is 63.2 Å². The molecule has 0 aromatic heterocycles. The van der Waals surface area contributed by atoms with Crippen LogP contribution in [-0.4, -0.2) is 12.5 Å². The summed E-state index contributed by atoms with van der Waals surface area (Å²) in [5, 5.41) is 12.0. The monoisotopic (exact) mass is 432 g/mol. The summed E-state index contributed by atoms with van der Waals surface area (Å²) in [4.78, 5) is 12.2. The van der Waals surface area contributed by atoms with Gasteiger partial charge in [0.05, 0.1) is 6.61 Å². The molecule has 0 fully saturated rings. The first kappa shape index (κ1) is 18.0. The van der Waals surface area contributed by atoms with Gasteiger partial charge >= 0.3 is 0 Å². The van der Waals surface area contributed by atoms with Crippen LogP contribution in [0.25, 0.3) is 6.08 Å². The minimum Gasteiger partial charge on any atom is -0.494 e. The van der Waals surface area contributed by atoms with Crippen molar-refractivity contribution in [1.29, 1.82) is 5.26 Å². The van der Waals surface area contributed by atoms with Crippen molar-refractivity contribution in [2.45, 2.75) is 13.3 Å². The van der Waals surface area contributed by atoms with Crippen molar-refractivity contribution >= 4 is 40.3 Å². The van der Waals surface area contributed by atoms with Gasteiger partial charge in [-0.15, -0.1) is 0 Å². The summed E-state index contributed by atoms with van der Waals surface area (Å²) < 4.78 is 6.59. The van der Waals surface area contributed by atoms with Crippen LogP contribution in [0.2, 0.25) is 0 Å². The summed E-state index contributed by atoms with van der Waals surface area (Å²) in [5.74, 6) is 0.348. The minimum atomic E-state index is -0.426. The number of ether oxygens (including phenoxy) is 1. The molecular weight excluding hydrogens is 415 g/mol. The predicted molar refractivity (Wildman–Crippen MR) is 104 cm³/mol. The SMILES string of the molecule is CCCOc1ccc(/C=C(/C#N)C(=O)Nc2ccc(I)cc2)cc1. The summed E-state index contributed by atoms with van der Waals surface area (Å²) in [6.07, 6.45) is 2.50. The number of rotatable bonds is 6. The molecule has 0 unspecified atom stereocenters. The van der Waals surface area contributed by atoms with Gasteiger partial charge in [0, 0.05) is 9.26 Å². The lowest BCUT2D eigenvalue weighted by Crippen LogP contribution is -2.13.